The predicted octanol–water partition coefficient (Wildman–Crippen LogP) is 1.13. The van der Waals surface area contributed by atoms with Gasteiger partial charge in [-0.05, 0) is 45.0 Å². The molecule has 0 saturated carbocycles. The molecule has 0 bridgehead atoms. The average molecular weight is 257 g/mol. The first kappa shape index (κ1) is 13.9. The van der Waals surface area contributed by atoms with Crippen molar-refractivity contribution in [3.05, 3.63) is 24.0 Å². The van der Waals surface area contributed by atoms with Crippen molar-refractivity contribution < 1.29 is 8.42 Å². The predicted molar refractivity (Wildman–Crippen MR) is 69.5 cm³/mol. The van der Waals surface area contributed by atoms with Gasteiger partial charge in [-0.3, -0.25) is 9.71 Å². The van der Waals surface area contributed by atoms with Crippen molar-refractivity contribution in [3.63, 3.8) is 0 Å². The molecule has 0 amide bonds. The van der Waals surface area contributed by atoms with E-state index in [2.05, 4.69) is 15.0 Å². The van der Waals surface area contributed by atoms with E-state index in [9.17, 15) is 8.42 Å². The molecule has 5 nitrogen and oxygen atoms in total. The lowest BCUT2D eigenvalue weighted by molar-refractivity contribution is 0.595. The van der Waals surface area contributed by atoms with Crippen molar-refractivity contribution >= 4 is 15.7 Å². The fourth-order valence-corrected chi connectivity index (χ4v) is 2.65. The Morgan fingerprint density at radius 3 is 2.76 bits per heavy atom. The number of hydrogen-bond acceptors (Lipinski definition) is 4. The smallest absolute Gasteiger partial charge is 0.232 e. The standard InChI is InChI=1S/C11H19N3O2S/c1-10-9-13-7-5-11(10)14-17(15,16)8-4-3-6-12-2/h5,7,9,12H,3-4,6,8H2,1-2H3,(H,13,14). The van der Waals surface area contributed by atoms with Crippen LogP contribution in [0.2, 0.25) is 0 Å². The number of rotatable bonds is 7. The molecule has 96 valence electrons. The van der Waals surface area contributed by atoms with Gasteiger partial charge < -0.3 is 5.32 Å². The number of sulfonamides is 1. The van der Waals surface area contributed by atoms with Crippen LogP contribution in [-0.4, -0.2) is 32.7 Å². The van der Waals surface area contributed by atoms with Gasteiger partial charge in [-0.25, -0.2) is 8.42 Å². The van der Waals surface area contributed by atoms with Gasteiger partial charge in [0.1, 0.15) is 0 Å². The Morgan fingerprint density at radius 2 is 2.12 bits per heavy atom. The first-order valence-electron chi connectivity index (χ1n) is 5.61. The van der Waals surface area contributed by atoms with Crippen LogP contribution in [0.15, 0.2) is 18.5 Å². The highest BCUT2D eigenvalue weighted by atomic mass is 32.2. The number of unbranched alkanes of at least 4 members (excludes halogenated alkanes) is 1. The number of nitrogens with zero attached hydrogens (tertiary/aromatic N) is 1. The maximum absolute atomic E-state index is 11.8. The number of pyridine rings is 1. The van der Waals surface area contributed by atoms with Gasteiger partial charge in [0, 0.05) is 12.4 Å². The molecule has 0 aromatic carbocycles. The summed E-state index contributed by atoms with van der Waals surface area (Å²) in [6.07, 6.45) is 4.72. The summed E-state index contributed by atoms with van der Waals surface area (Å²) in [5.41, 5.74) is 1.43. The minimum Gasteiger partial charge on any atom is -0.320 e. The summed E-state index contributed by atoms with van der Waals surface area (Å²) in [6.45, 7) is 2.66. The highest BCUT2D eigenvalue weighted by Crippen LogP contribution is 2.14. The van der Waals surface area contributed by atoms with Gasteiger partial charge in [0.05, 0.1) is 11.4 Å². The molecule has 0 atom stereocenters. The monoisotopic (exact) mass is 257 g/mol. The molecular formula is C11H19N3O2S. The lowest BCUT2D eigenvalue weighted by atomic mass is 10.3. The third kappa shape index (κ3) is 5.14. The van der Waals surface area contributed by atoms with E-state index in [1.165, 1.54) is 0 Å². The molecule has 1 aromatic rings. The lowest BCUT2D eigenvalue weighted by Crippen LogP contribution is -2.18. The number of nitrogens with one attached hydrogen (secondary N) is 2. The zero-order valence-corrected chi connectivity index (χ0v) is 11.0. The number of aryl methyl sites for hydroxylation is 1. The molecule has 2 N–H and O–H groups in total. The Hall–Kier alpha value is -1.14. The first-order valence-corrected chi connectivity index (χ1v) is 7.26. The quantitative estimate of drug-likeness (QED) is 0.718. The van der Waals surface area contributed by atoms with Crippen molar-refractivity contribution in [3.8, 4) is 0 Å². The van der Waals surface area contributed by atoms with E-state index in [4.69, 9.17) is 0 Å². The molecule has 0 aliphatic carbocycles. The average Bonchev–Trinajstić information content (AvgIpc) is 2.28. The molecule has 17 heavy (non-hydrogen) atoms. The summed E-state index contributed by atoms with van der Waals surface area (Å²) in [5.74, 6) is 0.149. The third-order valence-corrected chi connectivity index (χ3v) is 3.73. The molecular weight excluding hydrogens is 238 g/mol. The molecule has 1 heterocycles. The normalized spacial score (nSPS) is 11.4. The second-order valence-corrected chi connectivity index (χ2v) is 5.76. The summed E-state index contributed by atoms with van der Waals surface area (Å²) in [6, 6.07) is 1.67. The minimum absolute atomic E-state index is 0.149. The van der Waals surface area contributed by atoms with Gasteiger partial charge in [-0.2, -0.15) is 0 Å². The zero-order chi connectivity index (χ0) is 12.7. The SMILES string of the molecule is CNCCCCS(=O)(=O)Nc1ccncc1C. The fraction of sp³-hybridized carbons (Fsp3) is 0.545. The van der Waals surface area contributed by atoms with Crippen molar-refractivity contribution in [1.82, 2.24) is 10.3 Å². The topological polar surface area (TPSA) is 71.1 Å². The number of aromatic nitrogens is 1. The Labute approximate surface area is 103 Å². The van der Waals surface area contributed by atoms with E-state index >= 15 is 0 Å². The van der Waals surface area contributed by atoms with Gasteiger partial charge in [0.25, 0.3) is 0 Å². The van der Waals surface area contributed by atoms with E-state index in [1.807, 2.05) is 14.0 Å². The fourth-order valence-electron chi connectivity index (χ4n) is 1.40. The lowest BCUT2D eigenvalue weighted by Gasteiger charge is -2.09. The maximum atomic E-state index is 11.8. The minimum atomic E-state index is -3.24. The summed E-state index contributed by atoms with van der Waals surface area (Å²) in [7, 11) is -1.39. The Morgan fingerprint density at radius 1 is 1.35 bits per heavy atom. The number of anilines is 1. The van der Waals surface area contributed by atoms with E-state index in [-0.39, 0.29) is 5.75 Å². The van der Waals surface area contributed by atoms with Crippen LogP contribution in [0.3, 0.4) is 0 Å². The van der Waals surface area contributed by atoms with Crippen molar-refractivity contribution in [2.24, 2.45) is 0 Å². The van der Waals surface area contributed by atoms with Crippen LogP contribution in [0.5, 0.6) is 0 Å². The highest BCUT2D eigenvalue weighted by Gasteiger charge is 2.10. The molecule has 0 spiro atoms. The maximum Gasteiger partial charge on any atom is 0.232 e. The molecule has 1 rings (SSSR count). The van der Waals surface area contributed by atoms with Crippen LogP contribution in [0.25, 0.3) is 0 Å². The van der Waals surface area contributed by atoms with Gasteiger partial charge >= 0.3 is 0 Å². The van der Waals surface area contributed by atoms with Crippen LogP contribution in [0.1, 0.15) is 18.4 Å². The molecule has 0 saturated heterocycles. The molecule has 1 aromatic heterocycles. The third-order valence-electron chi connectivity index (χ3n) is 2.38. The van der Waals surface area contributed by atoms with E-state index < -0.39 is 10.0 Å². The molecule has 0 radical (unpaired) electrons. The molecule has 0 fully saturated rings. The molecule has 6 heteroatoms. The molecule has 0 unspecified atom stereocenters. The summed E-state index contributed by atoms with van der Waals surface area (Å²) < 4.78 is 26.1. The van der Waals surface area contributed by atoms with Crippen LogP contribution in [0.4, 0.5) is 5.69 Å². The zero-order valence-electron chi connectivity index (χ0n) is 10.2. The van der Waals surface area contributed by atoms with Gasteiger partial charge in [-0.15, -0.1) is 0 Å². The van der Waals surface area contributed by atoms with E-state index in [1.54, 1.807) is 18.5 Å². The molecule has 0 aliphatic rings. The van der Waals surface area contributed by atoms with E-state index in [0.29, 0.717) is 12.1 Å². The van der Waals surface area contributed by atoms with Gasteiger partial charge in [0.2, 0.25) is 10.0 Å². The summed E-state index contributed by atoms with van der Waals surface area (Å²) in [4.78, 5) is 3.92. The molecule has 0 aliphatic heterocycles. The number of hydrogen-bond donors (Lipinski definition) is 2. The van der Waals surface area contributed by atoms with Gasteiger partial charge in [0.15, 0.2) is 0 Å². The Bertz CT molecular complexity index is 446. The van der Waals surface area contributed by atoms with Crippen LogP contribution < -0.4 is 10.0 Å². The Balaban J connectivity index is 2.52. The Kier molecular flexibility index (Phi) is 5.37. The summed E-state index contributed by atoms with van der Waals surface area (Å²) >= 11 is 0. The highest BCUT2D eigenvalue weighted by molar-refractivity contribution is 7.92. The first-order chi connectivity index (χ1) is 8.05. The van der Waals surface area contributed by atoms with Crippen LogP contribution in [-0.2, 0) is 10.0 Å². The van der Waals surface area contributed by atoms with Crippen molar-refractivity contribution in [2.75, 3.05) is 24.1 Å². The van der Waals surface area contributed by atoms with Gasteiger partial charge in [-0.1, -0.05) is 0 Å². The second-order valence-electron chi connectivity index (χ2n) is 3.92. The van der Waals surface area contributed by atoms with Crippen molar-refractivity contribution in [1.29, 1.82) is 0 Å². The largest absolute Gasteiger partial charge is 0.320 e. The summed E-state index contributed by atoms with van der Waals surface area (Å²) in [5, 5.41) is 2.99. The second kappa shape index (κ2) is 6.56. The van der Waals surface area contributed by atoms with Crippen LogP contribution in [0, 0.1) is 6.92 Å². The van der Waals surface area contributed by atoms with E-state index in [0.717, 1.165) is 18.5 Å². The van der Waals surface area contributed by atoms with Crippen LogP contribution >= 0.6 is 0 Å². The van der Waals surface area contributed by atoms with Crippen molar-refractivity contribution in [2.45, 2.75) is 19.8 Å².